The number of nitrogens with one attached hydrogen (secondary N) is 1. The molecule has 0 amide bonds. The van der Waals surface area contributed by atoms with E-state index in [0.29, 0.717) is 6.61 Å². The van der Waals surface area contributed by atoms with Crippen LogP contribution >= 0.6 is 11.3 Å². The Labute approximate surface area is 118 Å². The molecule has 0 spiro atoms. The SMILES string of the molecule is COCCNc1nc(-c2ccc(C)c(C)c2)c(C)s1. The van der Waals surface area contributed by atoms with Crippen LogP contribution in [-0.4, -0.2) is 25.2 Å². The lowest BCUT2D eigenvalue weighted by Gasteiger charge is -2.03. The van der Waals surface area contributed by atoms with Crippen LogP contribution in [0.5, 0.6) is 0 Å². The van der Waals surface area contributed by atoms with Gasteiger partial charge in [0, 0.05) is 24.1 Å². The number of aryl methyl sites for hydroxylation is 3. The quantitative estimate of drug-likeness (QED) is 0.844. The van der Waals surface area contributed by atoms with Crippen LogP contribution in [0.4, 0.5) is 5.13 Å². The molecular formula is C15H20N2OS. The lowest BCUT2D eigenvalue weighted by molar-refractivity contribution is 0.211. The van der Waals surface area contributed by atoms with Crippen LogP contribution in [-0.2, 0) is 4.74 Å². The van der Waals surface area contributed by atoms with E-state index >= 15 is 0 Å². The van der Waals surface area contributed by atoms with E-state index in [1.807, 2.05) is 0 Å². The Hall–Kier alpha value is -1.39. The normalized spacial score (nSPS) is 10.7. The van der Waals surface area contributed by atoms with E-state index in [4.69, 9.17) is 4.74 Å². The maximum Gasteiger partial charge on any atom is 0.183 e. The summed E-state index contributed by atoms with van der Waals surface area (Å²) < 4.78 is 5.03. The molecule has 0 aliphatic rings. The highest BCUT2D eigenvalue weighted by Crippen LogP contribution is 2.31. The number of aromatic nitrogens is 1. The summed E-state index contributed by atoms with van der Waals surface area (Å²) in [5, 5.41) is 4.25. The summed E-state index contributed by atoms with van der Waals surface area (Å²) in [6.45, 7) is 7.86. The van der Waals surface area contributed by atoms with Gasteiger partial charge in [0.1, 0.15) is 0 Å². The van der Waals surface area contributed by atoms with Gasteiger partial charge in [-0.3, -0.25) is 0 Å². The molecule has 2 rings (SSSR count). The minimum absolute atomic E-state index is 0.692. The summed E-state index contributed by atoms with van der Waals surface area (Å²) in [7, 11) is 1.70. The molecule has 1 aromatic heterocycles. The zero-order valence-corrected chi connectivity index (χ0v) is 12.7. The van der Waals surface area contributed by atoms with Crippen molar-refractivity contribution in [3.8, 4) is 11.3 Å². The molecule has 0 atom stereocenters. The number of thiazole rings is 1. The Morgan fingerprint density at radius 1 is 1.21 bits per heavy atom. The minimum atomic E-state index is 0.692. The average Bonchev–Trinajstić information content (AvgIpc) is 2.74. The van der Waals surface area contributed by atoms with E-state index in [9.17, 15) is 0 Å². The van der Waals surface area contributed by atoms with Crippen molar-refractivity contribution in [2.45, 2.75) is 20.8 Å². The highest BCUT2D eigenvalue weighted by molar-refractivity contribution is 7.16. The van der Waals surface area contributed by atoms with Gasteiger partial charge in [-0.25, -0.2) is 4.98 Å². The summed E-state index contributed by atoms with van der Waals surface area (Å²) >= 11 is 1.69. The Morgan fingerprint density at radius 3 is 2.68 bits per heavy atom. The molecule has 102 valence electrons. The van der Waals surface area contributed by atoms with Crippen LogP contribution in [0.1, 0.15) is 16.0 Å². The summed E-state index contributed by atoms with van der Waals surface area (Å²) in [6.07, 6.45) is 0. The number of hydrogen-bond acceptors (Lipinski definition) is 4. The first-order valence-corrected chi connectivity index (χ1v) is 7.21. The van der Waals surface area contributed by atoms with E-state index < -0.39 is 0 Å². The summed E-state index contributed by atoms with van der Waals surface area (Å²) in [5.74, 6) is 0. The number of nitrogens with zero attached hydrogens (tertiary/aromatic N) is 1. The van der Waals surface area contributed by atoms with Crippen molar-refractivity contribution in [3.63, 3.8) is 0 Å². The number of ether oxygens (including phenoxy) is 1. The number of rotatable bonds is 5. The molecule has 0 saturated carbocycles. The number of hydrogen-bond donors (Lipinski definition) is 1. The molecule has 2 aromatic rings. The van der Waals surface area contributed by atoms with E-state index in [0.717, 1.165) is 17.4 Å². The maximum absolute atomic E-state index is 5.03. The van der Waals surface area contributed by atoms with Crippen molar-refractivity contribution < 1.29 is 4.74 Å². The molecule has 1 heterocycles. The van der Waals surface area contributed by atoms with Gasteiger partial charge in [-0.1, -0.05) is 12.1 Å². The van der Waals surface area contributed by atoms with Crippen LogP contribution in [0.15, 0.2) is 18.2 Å². The lowest BCUT2D eigenvalue weighted by atomic mass is 10.0. The highest BCUT2D eigenvalue weighted by atomic mass is 32.1. The first-order chi connectivity index (χ1) is 9.11. The molecule has 19 heavy (non-hydrogen) atoms. The lowest BCUT2D eigenvalue weighted by Crippen LogP contribution is -2.06. The molecule has 1 aromatic carbocycles. The summed E-state index contributed by atoms with van der Waals surface area (Å²) in [6, 6.07) is 6.50. The molecule has 3 nitrogen and oxygen atoms in total. The van der Waals surface area contributed by atoms with Crippen molar-refractivity contribution in [1.82, 2.24) is 4.98 Å². The van der Waals surface area contributed by atoms with Gasteiger partial charge < -0.3 is 10.1 Å². The topological polar surface area (TPSA) is 34.1 Å². The van der Waals surface area contributed by atoms with Crippen LogP contribution in [0.25, 0.3) is 11.3 Å². The van der Waals surface area contributed by atoms with E-state index in [2.05, 4.69) is 49.3 Å². The fourth-order valence-electron chi connectivity index (χ4n) is 1.89. The molecule has 4 heteroatoms. The predicted molar refractivity (Wildman–Crippen MR) is 82.1 cm³/mol. The molecule has 0 saturated heterocycles. The molecule has 0 aliphatic heterocycles. The number of methoxy groups -OCH3 is 1. The van der Waals surface area contributed by atoms with Crippen molar-refractivity contribution in [2.75, 3.05) is 25.6 Å². The largest absolute Gasteiger partial charge is 0.383 e. The van der Waals surface area contributed by atoms with E-state index in [1.165, 1.54) is 21.6 Å². The molecule has 1 N–H and O–H groups in total. The van der Waals surface area contributed by atoms with Gasteiger partial charge in [-0.05, 0) is 38.0 Å². The third-order valence-corrected chi connectivity index (χ3v) is 4.09. The third kappa shape index (κ3) is 3.33. The smallest absolute Gasteiger partial charge is 0.183 e. The first kappa shape index (κ1) is 14.0. The van der Waals surface area contributed by atoms with Gasteiger partial charge in [-0.2, -0.15) is 0 Å². The Kier molecular flexibility index (Phi) is 4.56. The average molecular weight is 276 g/mol. The third-order valence-electron chi connectivity index (χ3n) is 3.16. The zero-order chi connectivity index (χ0) is 13.8. The van der Waals surface area contributed by atoms with Gasteiger partial charge in [0.25, 0.3) is 0 Å². The van der Waals surface area contributed by atoms with Crippen LogP contribution in [0.3, 0.4) is 0 Å². The Balaban J connectivity index is 2.22. The second-order valence-electron chi connectivity index (χ2n) is 4.64. The van der Waals surface area contributed by atoms with Crippen LogP contribution in [0, 0.1) is 20.8 Å². The second-order valence-corrected chi connectivity index (χ2v) is 5.85. The molecular weight excluding hydrogens is 256 g/mol. The molecule has 0 bridgehead atoms. The Bertz CT molecular complexity index is 563. The molecule has 0 radical (unpaired) electrons. The van der Waals surface area contributed by atoms with Crippen LogP contribution in [0.2, 0.25) is 0 Å². The van der Waals surface area contributed by atoms with E-state index in [-0.39, 0.29) is 0 Å². The molecule has 0 aliphatic carbocycles. The van der Waals surface area contributed by atoms with Crippen molar-refractivity contribution >= 4 is 16.5 Å². The van der Waals surface area contributed by atoms with Gasteiger partial charge in [0.2, 0.25) is 0 Å². The van der Waals surface area contributed by atoms with E-state index in [1.54, 1.807) is 18.4 Å². The second kappa shape index (κ2) is 6.17. The molecule has 0 fully saturated rings. The maximum atomic E-state index is 5.03. The molecule has 0 unspecified atom stereocenters. The fraction of sp³-hybridized carbons (Fsp3) is 0.400. The number of benzene rings is 1. The minimum Gasteiger partial charge on any atom is -0.383 e. The summed E-state index contributed by atoms with van der Waals surface area (Å²) in [4.78, 5) is 5.91. The van der Waals surface area contributed by atoms with Gasteiger partial charge in [0.05, 0.1) is 12.3 Å². The number of anilines is 1. The van der Waals surface area contributed by atoms with Crippen molar-refractivity contribution in [2.24, 2.45) is 0 Å². The predicted octanol–water partition coefficient (Wildman–Crippen LogP) is 3.79. The van der Waals surface area contributed by atoms with Crippen molar-refractivity contribution in [3.05, 3.63) is 34.2 Å². The van der Waals surface area contributed by atoms with Crippen LogP contribution < -0.4 is 5.32 Å². The zero-order valence-electron chi connectivity index (χ0n) is 11.9. The van der Waals surface area contributed by atoms with Gasteiger partial charge in [0.15, 0.2) is 5.13 Å². The standard InChI is InChI=1S/C15H20N2OS/c1-10-5-6-13(9-11(10)2)14-12(3)19-15(17-14)16-7-8-18-4/h5-6,9H,7-8H2,1-4H3,(H,16,17). The van der Waals surface area contributed by atoms with Gasteiger partial charge >= 0.3 is 0 Å². The first-order valence-electron chi connectivity index (χ1n) is 6.39. The monoisotopic (exact) mass is 276 g/mol. The Morgan fingerprint density at radius 2 is 2.00 bits per heavy atom. The summed E-state index contributed by atoms with van der Waals surface area (Å²) in [5.41, 5.74) is 4.89. The van der Waals surface area contributed by atoms with Gasteiger partial charge in [-0.15, -0.1) is 11.3 Å². The fourth-order valence-corrected chi connectivity index (χ4v) is 2.75. The highest BCUT2D eigenvalue weighted by Gasteiger charge is 2.10. The van der Waals surface area contributed by atoms with Crippen molar-refractivity contribution in [1.29, 1.82) is 0 Å².